The molecule has 3 atom stereocenters. The zero-order valence-corrected chi connectivity index (χ0v) is 13.9. The van der Waals surface area contributed by atoms with E-state index in [0.29, 0.717) is 6.61 Å². The summed E-state index contributed by atoms with van der Waals surface area (Å²) in [5, 5.41) is 9.10. The lowest BCUT2D eigenvalue weighted by molar-refractivity contribution is -0.129. The number of rotatable bonds is 4. The van der Waals surface area contributed by atoms with Crippen molar-refractivity contribution in [3.8, 4) is 0 Å². The van der Waals surface area contributed by atoms with E-state index < -0.39 is 0 Å². The van der Waals surface area contributed by atoms with Gasteiger partial charge in [-0.15, -0.1) is 36.2 Å². The van der Waals surface area contributed by atoms with Crippen LogP contribution in [0.25, 0.3) is 0 Å². The number of nitrogens with zero attached hydrogens (tertiary/aromatic N) is 1. The summed E-state index contributed by atoms with van der Waals surface area (Å²) in [5.74, 6) is -0.00995. The maximum absolute atomic E-state index is 12.2. The van der Waals surface area contributed by atoms with Crippen molar-refractivity contribution in [3.05, 3.63) is 16.6 Å². The summed E-state index contributed by atoms with van der Waals surface area (Å²) in [6.07, 6.45) is 2.51. The van der Waals surface area contributed by atoms with Crippen LogP contribution in [-0.2, 0) is 9.53 Å². The Labute approximate surface area is 135 Å². The van der Waals surface area contributed by atoms with Crippen LogP contribution in [0, 0.1) is 0 Å². The first-order chi connectivity index (χ1) is 8.72. The average Bonchev–Trinajstić information content (AvgIpc) is 2.90. The molecule has 1 fully saturated rings. The van der Waals surface area contributed by atoms with Crippen molar-refractivity contribution in [2.24, 2.45) is 0 Å². The van der Waals surface area contributed by atoms with Gasteiger partial charge in [-0.3, -0.25) is 4.79 Å². The highest BCUT2D eigenvalue weighted by molar-refractivity contribution is 7.09. The van der Waals surface area contributed by atoms with E-state index in [1.165, 1.54) is 0 Å². The van der Waals surface area contributed by atoms with Crippen molar-refractivity contribution in [1.29, 1.82) is 0 Å². The maximum Gasteiger partial charge on any atom is 0.240 e. The summed E-state index contributed by atoms with van der Waals surface area (Å²) in [4.78, 5) is 16.5. The highest BCUT2D eigenvalue weighted by Gasteiger charge is 2.29. The molecule has 2 rings (SSSR count). The molecule has 0 radical (unpaired) electrons. The first-order valence-electron chi connectivity index (χ1n) is 6.27. The van der Waals surface area contributed by atoms with Gasteiger partial charge in [0.1, 0.15) is 11.0 Å². The van der Waals surface area contributed by atoms with E-state index in [2.05, 4.69) is 15.6 Å². The predicted octanol–water partition coefficient (Wildman–Crippen LogP) is 1.93. The number of hydrogen-bond donors (Lipinski definition) is 2. The van der Waals surface area contributed by atoms with Gasteiger partial charge in [-0.1, -0.05) is 6.92 Å². The molecule has 1 unspecified atom stereocenters. The molecular weight excluding hydrogens is 321 g/mol. The van der Waals surface area contributed by atoms with E-state index in [1.807, 2.05) is 19.2 Å². The minimum atomic E-state index is -0.271. The second-order valence-electron chi connectivity index (χ2n) is 4.35. The summed E-state index contributed by atoms with van der Waals surface area (Å²) in [6, 6.07) is -0.277. The van der Waals surface area contributed by atoms with Crippen LogP contribution in [-0.4, -0.2) is 36.2 Å². The second kappa shape index (κ2) is 9.52. The molecule has 2 N–H and O–H groups in total. The molecule has 1 amide bonds. The predicted molar refractivity (Wildman–Crippen MR) is 85.0 cm³/mol. The van der Waals surface area contributed by atoms with Gasteiger partial charge in [0.2, 0.25) is 5.91 Å². The van der Waals surface area contributed by atoms with Gasteiger partial charge >= 0.3 is 0 Å². The van der Waals surface area contributed by atoms with Gasteiger partial charge in [-0.05, 0) is 13.3 Å². The molecule has 0 aliphatic carbocycles. The lowest BCUT2D eigenvalue weighted by atomic mass is 10.1. The number of hydrogen-bond acceptors (Lipinski definition) is 5. The summed E-state index contributed by atoms with van der Waals surface area (Å²) < 4.78 is 5.48. The van der Waals surface area contributed by atoms with Crippen LogP contribution in [0.1, 0.15) is 31.3 Å². The van der Waals surface area contributed by atoms with Crippen molar-refractivity contribution in [3.63, 3.8) is 0 Å². The Kier molecular flexibility index (Phi) is 9.33. The molecule has 0 spiro atoms. The number of amides is 1. The fourth-order valence-corrected chi connectivity index (χ4v) is 2.81. The molecule has 0 bridgehead atoms. The molecule has 0 aromatic carbocycles. The van der Waals surface area contributed by atoms with Gasteiger partial charge in [0.05, 0.1) is 18.8 Å². The molecule has 1 saturated heterocycles. The molecule has 0 saturated carbocycles. The van der Waals surface area contributed by atoms with Crippen LogP contribution in [0.5, 0.6) is 0 Å². The topological polar surface area (TPSA) is 63.2 Å². The van der Waals surface area contributed by atoms with Gasteiger partial charge in [0.15, 0.2) is 0 Å². The van der Waals surface area contributed by atoms with Gasteiger partial charge in [0.25, 0.3) is 0 Å². The van der Waals surface area contributed by atoms with Crippen LogP contribution in [0.4, 0.5) is 0 Å². The maximum atomic E-state index is 12.2. The third kappa shape index (κ3) is 4.86. The first-order valence-corrected chi connectivity index (χ1v) is 7.15. The normalized spacial score (nSPS) is 23.1. The molecule has 1 aliphatic rings. The number of nitrogens with one attached hydrogen (secondary N) is 2. The van der Waals surface area contributed by atoms with E-state index in [1.54, 1.807) is 17.5 Å². The monoisotopic (exact) mass is 341 g/mol. The van der Waals surface area contributed by atoms with Gasteiger partial charge in [0, 0.05) is 18.1 Å². The fraction of sp³-hybridized carbons (Fsp3) is 0.667. The average molecular weight is 342 g/mol. The highest BCUT2D eigenvalue weighted by Crippen LogP contribution is 2.19. The minimum Gasteiger partial charge on any atom is -0.375 e. The fourth-order valence-electron chi connectivity index (χ4n) is 2.03. The van der Waals surface area contributed by atoms with Gasteiger partial charge < -0.3 is 15.4 Å². The van der Waals surface area contributed by atoms with E-state index in [-0.39, 0.29) is 48.9 Å². The number of ether oxygens (including phenoxy) is 1. The van der Waals surface area contributed by atoms with E-state index in [9.17, 15) is 4.79 Å². The number of thiazole rings is 1. The minimum absolute atomic E-state index is 0. The Balaban J connectivity index is 0.00000180. The highest BCUT2D eigenvalue weighted by atomic mass is 35.5. The number of morpholine rings is 1. The van der Waals surface area contributed by atoms with Crippen LogP contribution >= 0.6 is 36.2 Å². The number of carbonyl (C=O) groups excluding carboxylic acids is 1. The van der Waals surface area contributed by atoms with Crippen LogP contribution in [0.2, 0.25) is 0 Å². The van der Waals surface area contributed by atoms with Crippen molar-refractivity contribution in [2.45, 2.75) is 38.5 Å². The molecule has 1 aromatic rings. The van der Waals surface area contributed by atoms with Crippen molar-refractivity contribution in [2.75, 3.05) is 13.2 Å². The molecule has 116 valence electrons. The molecule has 5 nitrogen and oxygen atoms in total. The molecule has 20 heavy (non-hydrogen) atoms. The van der Waals surface area contributed by atoms with E-state index in [4.69, 9.17) is 4.74 Å². The van der Waals surface area contributed by atoms with Crippen LogP contribution in [0.15, 0.2) is 11.6 Å². The number of aromatic nitrogens is 1. The molecule has 1 aliphatic heterocycles. The van der Waals surface area contributed by atoms with E-state index >= 15 is 0 Å². The Morgan fingerprint density at radius 2 is 2.40 bits per heavy atom. The van der Waals surface area contributed by atoms with Crippen LogP contribution in [0.3, 0.4) is 0 Å². The first kappa shape index (κ1) is 19.6. The standard InChI is InChI=1S/C12H19N3O2S.2ClH/c1-3-9(12-14-5-7-18-12)15-11(16)10-8(2)17-6-4-13-10;;/h5,7-10,13H,3-4,6H2,1-2H3,(H,15,16);2*1H/t8-,9?,10+;;/m1../s1. The molecular formula is C12H21Cl2N3O2S. The lowest BCUT2D eigenvalue weighted by Gasteiger charge is -2.30. The Bertz CT molecular complexity index is 392. The summed E-state index contributed by atoms with van der Waals surface area (Å²) in [7, 11) is 0. The lowest BCUT2D eigenvalue weighted by Crippen LogP contribution is -2.55. The molecule has 1 aromatic heterocycles. The van der Waals surface area contributed by atoms with E-state index in [0.717, 1.165) is 18.0 Å². The SMILES string of the molecule is CCC(NC(=O)[C@H]1NCCO[C@@H]1C)c1nccs1.Cl.Cl. The molecule has 2 heterocycles. The Hall–Kier alpha value is -0.400. The summed E-state index contributed by atoms with van der Waals surface area (Å²) >= 11 is 1.57. The smallest absolute Gasteiger partial charge is 0.240 e. The van der Waals surface area contributed by atoms with Crippen molar-refractivity contribution in [1.82, 2.24) is 15.6 Å². The second-order valence-corrected chi connectivity index (χ2v) is 5.27. The zero-order chi connectivity index (χ0) is 13.0. The molecule has 8 heteroatoms. The summed E-state index contributed by atoms with van der Waals surface area (Å²) in [5.41, 5.74) is 0. The third-order valence-electron chi connectivity index (χ3n) is 3.07. The van der Waals surface area contributed by atoms with Gasteiger partial charge in [-0.2, -0.15) is 0 Å². The van der Waals surface area contributed by atoms with Crippen molar-refractivity contribution >= 4 is 42.1 Å². The number of halogens is 2. The number of carbonyl (C=O) groups is 1. The zero-order valence-electron chi connectivity index (χ0n) is 11.5. The van der Waals surface area contributed by atoms with Gasteiger partial charge in [-0.25, -0.2) is 4.98 Å². The largest absolute Gasteiger partial charge is 0.375 e. The third-order valence-corrected chi connectivity index (χ3v) is 3.96. The Morgan fingerprint density at radius 1 is 1.65 bits per heavy atom. The van der Waals surface area contributed by atoms with Crippen molar-refractivity contribution < 1.29 is 9.53 Å². The summed E-state index contributed by atoms with van der Waals surface area (Å²) in [6.45, 7) is 5.34. The quantitative estimate of drug-likeness (QED) is 0.878. The Morgan fingerprint density at radius 3 is 2.95 bits per heavy atom. The van der Waals surface area contributed by atoms with Crippen LogP contribution < -0.4 is 10.6 Å².